The molecule has 0 fully saturated rings. The average molecular weight is 322 g/mol. The molecule has 0 atom stereocenters. The Morgan fingerprint density at radius 3 is 1.95 bits per heavy atom. The summed E-state index contributed by atoms with van der Waals surface area (Å²) in [5.41, 5.74) is 1.44. The van der Waals surface area contributed by atoms with Gasteiger partial charge in [-0.3, -0.25) is 0 Å². The van der Waals surface area contributed by atoms with Crippen LogP contribution in [-0.2, 0) is 6.42 Å². The van der Waals surface area contributed by atoms with Crippen LogP contribution in [0, 0.1) is 6.42 Å². The Hall–Kier alpha value is -0.430. The van der Waals surface area contributed by atoms with Crippen molar-refractivity contribution in [2.24, 2.45) is 0 Å². The predicted octanol–water partition coefficient (Wildman–Crippen LogP) is 7.67. The summed E-state index contributed by atoms with van der Waals surface area (Å²) in [6.07, 6.45) is 17.1. The SMILES string of the molecule is CCCCCCCc1ccc(S)cc1.CCC[CH]CCCC. The van der Waals surface area contributed by atoms with E-state index in [0.29, 0.717) is 0 Å². The predicted molar refractivity (Wildman–Crippen MR) is 105 cm³/mol. The van der Waals surface area contributed by atoms with E-state index in [0.717, 1.165) is 4.90 Å². The van der Waals surface area contributed by atoms with Crippen LogP contribution in [0.25, 0.3) is 0 Å². The van der Waals surface area contributed by atoms with Crippen LogP contribution in [0.4, 0.5) is 0 Å². The lowest BCUT2D eigenvalue weighted by Gasteiger charge is -2.01. The molecule has 22 heavy (non-hydrogen) atoms. The highest BCUT2D eigenvalue weighted by Crippen LogP contribution is 2.11. The Balaban J connectivity index is 0.000000472. The number of benzene rings is 1. The van der Waals surface area contributed by atoms with Crippen LogP contribution in [0.3, 0.4) is 0 Å². The molecule has 1 heteroatoms. The lowest BCUT2D eigenvalue weighted by molar-refractivity contribution is 0.632. The topological polar surface area (TPSA) is 0 Å². The first-order valence-electron chi connectivity index (χ1n) is 9.34. The monoisotopic (exact) mass is 321 g/mol. The van der Waals surface area contributed by atoms with Crippen LogP contribution in [0.2, 0.25) is 0 Å². The normalized spacial score (nSPS) is 10.2. The lowest BCUT2D eigenvalue weighted by atomic mass is 10.1. The largest absolute Gasteiger partial charge is 0.143 e. The summed E-state index contributed by atoms with van der Waals surface area (Å²) in [6.45, 7) is 6.72. The van der Waals surface area contributed by atoms with Gasteiger partial charge in [0, 0.05) is 4.90 Å². The fourth-order valence-electron chi connectivity index (χ4n) is 2.29. The zero-order chi connectivity index (χ0) is 16.5. The van der Waals surface area contributed by atoms with E-state index >= 15 is 0 Å². The minimum atomic E-state index is 1.06. The summed E-state index contributed by atoms with van der Waals surface area (Å²) in [4.78, 5) is 1.06. The van der Waals surface area contributed by atoms with Gasteiger partial charge in [0.15, 0.2) is 0 Å². The summed E-state index contributed by atoms with van der Waals surface area (Å²) < 4.78 is 0. The number of hydrogen-bond donors (Lipinski definition) is 1. The quantitative estimate of drug-likeness (QED) is 0.314. The van der Waals surface area contributed by atoms with Crippen LogP contribution in [0.5, 0.6) is 0 Å². The molecule has 1 radical (unpaired) electrons. The van der Waals surface area contributed by atoms with Gasteiger partial charge in [0.1, 0.15) is 0 Å². The summed E-state index contributed by atoms with van der Waals surface area (Å²) in [5.74, 6) is 0. The number of rotatable bonds is 11. The molecule has 1 aromatic rings. The van der Waals surface area contributed by atoms with Gasteiger partial charge in [-0.25, -0.2) is 0 Å². The van der Waals surface area contributed by atoms with Crippen molar-refractivity contribution in [1.29, 1.82) is 0 Å². The van der Waals surface area contributed by atoms with Gasteiger partial charge in [0.25, 0.3) is 0 Å². The van der Waals surface area contributed by atoms with E-state index in [9.17, 15) is 0 Å². The number of hydrogen-bond acceptors (Lipinski definition) is 1. The first-order chi connectivity index (χ1) is 10.7. The van der Waals surface area contributed by atoms with Gasteiger partial charge >= 0.3 is 0 Å². The van der Waals surface area contributed by atoms with Gasteiger partial charge in [-0.1, -0.05) is 90.7 Å². The molecule has 0 spiro atoms. The molecule has 0 heterocycles. The fraction of sp³-hybridized carbons (Fsp3) is 0.667. The van der Waals surface area contributed by atoms with Crippen molar-refractivity contribution < 1.29 is 0 Å². The highest BCUT2D eigenvalue weighted by atomic mass is 32.1. The van der Waals surface area contributed by atoms with E-state index in [1.165, 1.54) is 76.2 Å². The zero-order valence-electron chi connectivity index (χ0n) is 15.1. The van der Waals surface area contributed by atoms with Gasteiger partial charge in [-0.2, -0.15) is 0 Å². The van der Waals surface area contributed by atoms with Crippen molar-refractivity contribution in [1.82, 2.24) is 0 Å². The Bertz CT molecular complexity index is 309. The molecule has 0 saturated heterocycles. The molecule has 1 rings (SSSR count). The average Bonchev–Trinajstić information content (AvgIpc) is 2.54. The Morgan fingerprint density at radius 1 is 0.727 bits per heavy atom. The van der Waals surface area contributed by atoms with E-state index in [1.54, 1.807) is 0 Å². The highest BCUT2D eigenvalue weighted by Gasteiger charge is 1.93. The zero-order valence-corrected chi connectivity index (χ0v) is 16.0. The van der Waals surface area contributed by atoms with Crippen molar-refractivity contribution in [3.05, 3.63) is 36.2 Å². The molecular formula is C21H37S. The highest BCUT2D eigenvalue weighted by molar-refractivity contribution is 7.80. The van der Waals surface area contributed by atoms with Crippen molar-refractivity contribution in [3.8, 4) is 0 Å². The molecule has 0 aromatic heterocycles. The van der Waals surface area contributed by atoms with Gasteiger partial charge < -0.3 is 0 Å². The molecule has 0 saturated carbocycles. The molecule has 0 aliphatic carbocycles. The third-order valence-electron chi connectivity index (χ3n) is 3.76. The summed E-state index contributed by atoms with van der Waals surface area (Å²) in [7, 11) is 0. The Kier molecular flexibility index (Phi) is 16.6. The second kappa shape index (κ2) is 16.9. The van der Waals surface area contributed by atoms with Gasteiger partial charge in [-0.15, -0.1) is 12.6 Å². The number of thiol groups is 1. The molecule has 0 aliphatic rings. The molecule has 0 aliphatic heterocycles. The van der Waals surface area contributed by atoms with E-state index in [4.69, 9.17) is 0 Å². The van der Waals surface area contributed by atoms with E-state index in [1.807, 2.05) is 0 Å². The second-order valence-electron chi connectivity index (χ2n) is 6.05. The smallest absolute Gasteiger partial charge is 0.00401 e. The summed E-state index contributed by atoms with van der Waals surface area (Å²) >= 11 is 4.27. The second-order valence-corrected chi connectivity index (χ2v) is 6.57. The molecule has 127 valence electrons. The lowest BCUT2D eigenvalue weighted by Crippen LogP contribution is -1.85. The minimum Gasteiger partial charge on any atom is -0.143 e. The van der Waals surface area contributed by atoms with Crippen LogP contribution >= 0.6 is 12.6 Å². The van der Waals surface area contributed by atoms with Crippen LogP contribution < -0.4 is 0 Å². The standard InChI is InChI=1S/C13H20S.C8H17/c1-2-3-4-5-6-7-12-8-10-13(14)11-9-12;1-3-5-7-8-6-4-2/h8-11,14H,2-7H2,1H3;7H,3-6,8H2,1-2H3. The third kappa shape index (κ3) is 14.5. The van der Waals surface area contributed by atoms with Gasteiger partial charge in [-0.05, 0) is 37.0 Å². The van der Waals surface area contributed by atoms with E-state index < -0.39 is 0 Å². The Morgan fingerprint density at radius 2 is 1.36 bits per heavy atom. The first-order valence-corrected chi connectivity index (χ1v) is 9.78. The molecule has 0 N–H and O–H groups in total. The summed E-state index contributed by atoms with van der Waals surface area (Å²) in [5, 5.41) is 0. The fourth-order valence-corrected chi connectivity index (χ4v) is 2.44. The number of unbranched alkanes of at least 4 members (excludes halogenated alkanes) is 9. The van der Waals surface area contributed by atoms with Crippen LogP contribution in [0.1, 0.15) is 90.5 Å². The number of aryl methyl sites for hydroxylation is 1. The van der Waals surface area contributed by atoms with Crippen molar-refractivity contribution in [3.63, 3.8) is 0 Å². The Labute approximate surface area is 145 Å². The molecule has 0 nitrogen and oxygen atoms in total. The van der Waals surface area contributed by atoms with Crippen LogP contribution in [0.15, 0.2) is 29.2 Å². The summed E-state index contributed by atoms with van der Waals surface area (Å²) in [6, 6.07) is 8.51. The third-order valence-corrected chi connectivity index (χ3v) is 4.06. The van der Waals surface area contributed by atoms with Gasteiger partial charge in [0.2, 0.25) is 0 Å². The maximum atomic E-state index is 4.27. The molecule has 1 aromatic carbocycles. The molecular weight excluding hydrogens is 284 g/mol. The van der Waals surface area contributed by atoms with Crippen LogP contribution in [-0.4, -0.2) is 0 Å². The molecule has 0 unspecified atom stereocenters. The van der Waals surface area contributed by atoms with Crippen molar-refractivity contribution >= 4 is 12.6 Å². The molecule has 0 amide bonds. The maximum Gasteiger partial charge on any atom is 0.00401 e. The van der Waals surface area contributed by atoms with E-state index in [-0.39, 0.29) is 0 Å². The maximum absolute atomic E-state index is 4.27. The van der Waals surface area contributed by atoms with Crippen molar-refractivity contribution in [2.45, 2.75) is 96.3 Å². The first kappa shape index (κ1) is 21.6. The minimum absolute atomic E-state index is 1.06. The van der Waals surface area contributed by atoms with Crippen molar-refractivity contribution in [2.75, 3.05) is 0 Å². The van der Waals surface area contributed by atoms with Gasteiger partial charge in [0.05, 0.1) is 0 Å². The molecule has 0 bridgehead atoms. The van der Waals surface area contributed by atoms with E-state index in [2.05, 4.69) is 64.1 Å².